The van der Waals surface area contributed by atoms with Gasteiger partial charge < -0.3 is 9.84 Å². The predicted octanol–water partition coefficient (Wildman–Crippen LogP) is 2.08. The number of carboxylic acid groups (broad SMARTS) is 1. The van der Waals surface area contributed by atoms with E-state index >= 15 is 0 Å². The Labute approximate surface area is 90.6 Å². The Kier molecular flexibility index (Phi) is 5.33. The van der Waals surface area contributed by atoms with Crippen LogP contribution in [0, 0.1) is 11.3 Å². The SMILES string of the molecule is CCOC(=O)[C@H](C(=O)O)C(C)(CC)CC. The summed E-state index contributed by atoms with van der Waals surface area (Å²) in [5, 5.41) is 9.07. The largest absolute Gasteiger partial charge is 0.481 e. The van der Waals surface area contributed by atoms with Crippen molar-refractivity contribution in [1.82, 2.24) is 0 Å². The molecule has 0 aliphatic carbocycles. The maximum atomic E-state index is 11.5. The molecule has 0 aromatic carbocycles. The van der Waals surface area contributed by atoms with E-state index in [1.165, 1.54) is 0 Å². The fraction of sp³-hybridized carbons (Fsp3) is 0.818. The van der Waals surface area contributed by atoms with Crippen molar-refractivity contribution in [2.24, 2.45) is 11.3 Å². The summed E-state index contributed by atoms with van der Waals surface area (Å²) in [6.45, 7) is 7.47. The molecule has 0 rings (SSSR count). The van der Waals surface area contributed by atoms with Crippen LogP contribution in [-0.4, -0.2) is 23.7 Å². The van der Waals surface area contributed by atoms with E-state index < -0.39 is 23.3 Å². The third-order valence-corrected chi connectivity index (χ3v) is 3.08. The summed E-state index contributed by atoms with van der Waals surface area (Å²) in [6, 6.07) is 0. The summed E-state index contributed by atoms with van der Waals surface area (Å²) >= 11 is 0. The molecule has 1 N–H and O–H groups in total. The first-order valence-electron chi connectivity index (χ1n) is 5.32. The molecule has 15 heavy (non-hydrogen) atoms. The van der Waals surface area contributed by atoms with Gasteiger partial charge in [0.25, 0.3) is 0 Å². The van der Waals surface area contributed by atoms with Crippen LogP contribution < -0.4 is 0 Å². The second kappa shape index (κ2) is 5.73. The zero-order valence-electron chi connectivity index (χ0n) is 9.87. The van der Waals surface area contributed by atoms with Gasteiger partial charge in [0, 0.05) is 0 Å². The Bertz CT molecular complexity index is 231. The van der Waals surface area contributed by atoms with E-state index in [1.54, 1.807) is 6.92 Å². The van der Waals surface area contributed by atoms with Crippen molar-refractivity contribution in [3.8, 4) is 0 Å². The first-order chi connectivity index (χ1) is 6.92. The number of carboxylic acids is 1. The summed E-state index contributed by atoms with van der Waals surface area (Å²) in [5.41, 5.74) is -0.530. The van der Waals surface area contributed by atoms with Gasteiger partial charge in [-0.25, -0.2) is 0 Å². The quantitative estimate of drug-likeness (QED) is 0.545. The number of esters is 1. The van der Waals surface area contributed by atoms with Gasteiger partial charge in [0.15, 0.2) is 5.92 Å². The predicted molar refractivity (Wildman–Crippen MR) is 56.4 cm³/mol. The lowest BCUT2D eigenvalue weighted by molar-refractivity contribution is -0.165. The van der Waals surface area contributed by atoms with E-state index in [0.29, 0.717) is 12.8 Å². The van der Waals surface area contributed by atoms with Gasteiger partial charge in [0.1, 0.15) is 0 Å². The van der Waals surface area contributed by atoms with Gasteiger partial charge in [0.2, 0.25) is 0 Å². The number of aliphatic carboxylic acids is 1. The molecule has 4 heteroatoms. The molecule has 0 spiro atoms. The van der Waals surface area contributed by atoms with Crippen LogP contribution in [0.1, 0.15) is 40.5 Å². The maximum absolute atomic E-state index is 11.5. The van der Waals surface area contributed by atoms with E-state index in [1.807, 2.05) is 20.8 Å². The average molecular weight is 216 g/mol. The lowest BCUT2D eigenvalue weighted by Gasteiger charge is -2.31. The summed E-state index contributed by atoms with van der Waals surface area (Å²) in [7, 11) is 0. The van der Waals surface area contributed by atoms with E-state index in [2.05, 4.69) is 0 Å². The molecule has 0 amide bonds. The second-order valence-corrected chi connectivity index (χ2v) is 3.88. The fourth-order valence-corrected chi connectivity index (χ4v) is 1.57. The highest BCUT2D eigenvalue weighted by Crippen LogP contribution is 2.35. The summed E-state index contributed by atoms with van der Waals surface area (Å²) in [5.74, 6) is -2.79. The number of carbonyl (C=O) groups excluding carboxylic acids is 1. The molecule has 0 bridgehead atoms. The Hall–Kier alpha value is -1.06. The highest BCUT2D eigenvalue weighted by molar-refractivity contribution is 5.94. The third kappa shape index (κ3) is 3.22. The Morgan fingerprint density at radius 3 is 2.00 bits per heavy atom. The number of hydrogen-bond donors (Lipinski definition) is 1. The van der Waals surface area contributed by atoms with Crippen molar-refractivity contribution < 1.29 is 19.4 Å². The highest BCUT2D eigenvalue weighted by Gasteiger charge is 2.42. The van der Waals surface area contributed by atoms with Crippen molar-refractivity contribution in [2.45, 2.75) is 40.5 Å². The van der Waals surface area contributed by atoms with Crippen molar-refractivity contribution in [2.75, 3.05) is 6.61 Å². The molecule has 0 aromatic rings. The van der Waals surface area contributed by atoms with Crippen LogP contribution in [0.5, 0.6) is 0 Å². The Morgan fingerprint density at radius 1 is 1.27 bits per heavy atom. The van der Waals surface area contributed by atoms with E-state index in [0.717, 1.165) is 0 Å². The highest BCUT2D eigenvalue weighted by atomic mass is 16.5. The van der Waals surface area contributed by atoms with Crippen molar-refractivity contribution in [3.63, 3.8) is 0 Å². The maximum Gasteiger partial charge on any atom is 0.320 e. The molecule has 0 fully saturated rings. The van der Waals surface area contributed by atoms with Gasteiger partial charge >= 0.3 is 11.9 Å². The second-order valence-electron chi connectivity index (χ2n) is 3.88. The monoisotopic (exact) mass is 216 g/mol. The lowest BCUT2D eigenvalue weighted by Crippen LogP contribution is -2.39. The standard InChI is InChI=1S/C11H20O4/c1-5-11(4,6-2)8(9(12)13)10(14)15-7-3/h8H,5-7H2,1-4H3,(H,12,13)/t8-/m0/s1. The molecule has 1 atom stereocenters. The molecule has 0 aliphatic rings. The van der Waals surface area contributed by atoms with Crippen molar-refractivity contribution >= 4 is 11.9 Å². The van der Waals surface area contributed by atoms with Crippen LogP contribution in [0.3, 0.4) is 0 Å². The van der Waals surface area contributed by atoms with Gasteiger partial charge in [-0.3, -0.25) is 9.59 Å². The molecule has 0 heterocycles. The van der Waals surface area contributed by atoms with Crippen LogP contribution in [-0.2, 0) is 14.3 Å². The first-order valence-corrected chi connectivity index (χ1v) is 5.32. The summed E-state index contributed by atoms with van der Waals surface area (Å²) in [6.07, 6.45) is 1.28. The van der Waals surface area contributed by atoms with Crippen LogP contribution in [0.25, 0.3) is 0 Å². The minimum Gasteiger partial charge on any atom is -0.481 e. The van der Waals surface area contributed by atoms with Gasteiger partial charge in [-0.05, 0) is 25.2 Å². The summed E-state index contributed by atoms with van der Waals surface area (Å²) < 4.78 is 4.80. The zero-order valence-corrected chi connectivity index (χ0v) is 9.87. The van der Waals surface area contributed by atoms with E-state index in [-0.39, 0.29) is 6.61 Å². The molecule has 4 nitrogen and oxygen atoms in total. The Balaban J connectivity index is 4.95. The van der Waals surface area contributed by atoms with Gasteiger partial charge in [-0.1, -0.05) is 20.8 Å². The minimum absolute atomic E-state index is 0.214. The first kappa shape index (κ1) is 13.9. The fourth-order valence-electron chi connectivity index (χ4n) is 1.57. The molecule has 0 aliphatic heterocycles. The van der Waals surface area contributed by atoms with Crippen LogP contribution >= 0.6 is 0 Å². The lowest BCUT2D eigenvalue weighted by atomic mass is 9.73. The average Bonchev–Trinajstić information content (AvgIpc) is 2.17. The molecule has 0 unspecified atom stereocenters. The van der Waals surface area contributed by atoms with Crippen LogP contribution in [0.2, 0.25) is 0 Å². The topological polar surface area (TPSA) is 63.6 Å². The van der Waals surface area contributed by atoms with Gasteiger partial charge in [-0.2, -0.15) is 0 Å². The van der Waals surface area contributed by atoms with Crippen LogP contribution in [0.4, 0.5) is 0 Å². The zero-order chi connectivity index (χ0) is 12.1. The molecule has 0 aromatic heterocycles. The van der Waals surface area contributed by atoms with Gasteiger partial charge in [-0.15, -0.1) is 0 Å². The van der Waals surface area contributed by atoms with Crippen molar-refractivity contribution in [3.05, 3.63) is 0 Å². The van der Waals surface area contributed by atoms with Gasteiger partial charge in [0.05, 0.1) is 6.61 Å². The molecule has 0 radical (unpaired) electrons. The van der Waals surface area contributed by atoms with E-state index in [4.69, 9.17) is 9.84 Å². The molecular weight excluding hydrogens is 196 g/mol. The smallest absolute Gasteiger partial charge is 0.320 e. The number of hydrogen-bond acceptors (Lipinski definition) is 3. The molecule has 88 valence electrons. The van der Waals surface area contributed by atoms with Crippen LogP contribution in [0.15, 0.2) is 0 Å². The number of carbonyl (C=O) groups is 2. The molecular formula is C11H20O4. The number of ether oxygens (including phenoxy) is 1. The van der Waals surface area contributed by atoms with Crippen molar-refractivity contribution in [1.29, 1.82) is 0 Å². The summed E-state index contributed by atoms with van der Waals surface area (Å²) in [4.78, 5) is 22.6. The minimum atomic E-state index is -1.10. The number of rotatable bonds is 6. The normalized spacial score (nSPS) is 13.3. The third-order valence-electron chi connectivity index (χ3n) is 3.08. The van der Waals surface area contributed by atoms with E-state index in [9.17, 15) is 9.59 Å². The Morgan fingerprint density at radius 2 is 1.73 bits per heavy atom. The molecule has 0 saturated carbocycles. The molecule has 0 saturated heterocycles.